The van der Waals surface area contributed by atoms with Gasteiger partial charge >= 0.3 is 0 Å². The summed E-state index contributed by atoms with van der Waals surface area (Å²) in [7, 11) is 1.58. The van der Waals surface area contributed by atoms with Crippen LogP contribution in [0.3, 0.4) is 0 Å². The molecule has 0 aromatic rings. The first-order valence-electron chi connectivity index (χ1n) is 4.41. The van der Waals surface area contributed by atoms with Gasteiger partial charge in [0.05, 0.1) is 6.10 Å². The maximum Gasteiger partial charge on any atom is 0.161 e. The monoisotopic (exact) mass is 176 g/mol. The summed E-state index contributed by atoms with van der Waals surface area (Å²) in [6.45, 7) is 5.17. The Hall–Kier alpha value is 0.137. The molecule has 0 bridgehead atoms. The molecule has 0 aliphatic heterocycles. The third-order valence-corrected chi connectivity index (χ3v) is 2.92. The summed E-state index contributed by atoms with van der Waals surface area (Å²) < 4.78 is 10.6. The first-order valence-corrected chi connectivity index (χ1v) is 5.99. The van der Waals surface area contributed by atoms with Crippen molar-refractivity contribution in [2.45, 2.75) is 38.8 Å². The lowest BCUT2D eigenvalue weighted by molar-refractivity contribution is 0.0639. The quantitative estimate of drug-likeness (QED) is 0.430. The van der Waals surface area contributed by atoms with E-state index >= 15 is 0 Å². The maximum atomic E-state index is 5.50. The van der Waals surface area contributed by atoms with Gasteiger partial charge in [0, 0.05) is 13.7 Å². The molecule has 2 nitrogen and oxygen atoms in total. The molecule has 0 aromatic heterocycles. The molecule has 0 radical (unpaired) electrons. The predicted molar refractivity (Wildman–Crippen MR) is 50.7 cm³/mol. The van der Waals surface area contributed by atoms with Crippen molar-refractivity contribution in [1.29, 1.82) is 0 Å². The second-order valence-corrected chi connectivity index (χ2v) is 4.48. The average molecular weight is 176 g/mol. The molecule has 1 atom stereocenters. The van der Waals surface area contributed by atoms with Gasteiger partial charge in [-0.15, -0.1) is 0 Å². The molecule has 0 aliphatic rings. The summed E-state index contributed by atoms with van der Waals surface area (Å²) in [4.78, 5) is 0. The Morgan fingerprint density at radius 3 is 2.73 bits per heavy atom. The molecule has 3 heteroatoms. The molecule has 0 N–H and O–H groups in total. The van der Waals surface area contributed by atoms with Gasteiger partial charge in [0.2, 0.25) is 0 Å². The van der Waals surface area contributed by atoms with E-state index in [0.29, 0.717) is 6.10 Å². The summed E-state index contributed by atoms with van der Waals surface area (Å²) in [5.41, 5.74) is 0. The molecule has 11 heavy (non-hydrogen) atoms. The van der Waals surface area contributed by atoms with Gasteiger partial charge in [0.25, 0.3) is 0 Å². The van der Waals surface area contributed by atoms with Crippen LogP contribution in [0.2, 0.25) is 6.04 Å². The molecule has 0 spiro atoms. The van der Waals surface area contributed by atoms with Crippen LogP contribution in [0.5, 0.6) is 0 Å². The zero-order valence-electron chi connectivity index (χ0n) is 7.93. The summed E-state index contributed by atoms with van der Waals surface area (Å²) in [6, 6.07) is 1.24. The maximum absolute atomic E-state index is 5.50. The van der Waals surface area contributed by atoms with Crippen LogP contribution in [-0.2, 0) is 9.16 Å². The summed E-state index contributed by atoms with van der Waals surface area (Å²) in [5, 5.41) is 0. The Bertz CT molecular complexity index is 78.5. The number of hydrogen-bond donors (Lipinski definition) is 0. The minimum Gasteiger partial charge on any atom is -0.427 e. The van der Waals surface area contributed by atoms with E-state index in [1.165, 1.54) is 12.5 Å². The van der Waals surface area contributed by atoms with E-state index in [0.717, 1.165) is 13.0 Å². The highest BCUT2D eigenvalue weighted by molar-refractivity contribution is 6.26. The van der Waals surface area contributed by atoms with E-state index < -0.39 is 0 Å². The highest BCUT2D eigenvalue weighted by Crippen LogP contribution is 1.98. The first-order chi connectivity index (χ1) is 5.31. The highest BCUT2D eigenvalue weighted by Gasteiger charge is 1.96. The number of ether oxygens (including phenoxy) is 1. The van der Waals surface area contributed by atoms with E-state index in [9.17, 15) is 0 Å². The normalized spacial score (nSPS) is 14.5. The summed E-state index contributed by atoms with van der Waals surface area (Å²) >= 11 is 0. The third kappa shape index (κ3) is 8.04. The van der Waals surface area contributed by atoms with Crippen LogP contribution < -0.4 is 0 Å². The zero-order chi connectivity index (χ0) is 8.53. The lowest BCUT2D eigenvalue weighted by atomic mass is 10.3. The largest absolute Gasteiger partial charge is 0.427 e. The first kappa shape index (κ1) is 11.1. The number of hydrogen-bond acceptors (Lipinski definition) is 2. The minimum atomic E-state index is -0.209. The smallest absolute Gasteiger partial charge is 0.161 e. The van der Waals surface area contributed by atoms with E-state index in [2.05, 4.69) is 13.8 Å². The van der Waals surface area contributed by atoms with Gasteiger partial charge in [-0.1, -0.05) is 6.92 Å². The van der Waals surface area contributed by atoms with Crippen LogP contribution >= 0.6 is 0 Å². The lowest BCUT2D eigenvalue weighted by Crippen LogP contribution is -2.08. The van der Waals surface area contributed by atoms with Crippen molar-refractivity contribution in [2.24, 2.45) is 0 Å². The fourth-order valence-corrected chi connectivity index (χ4v) is 1.45. The molecule has 0 heterocycles. The van der Waals surface area contributed by atoms with Crippen LogP contribution in [0.15, 0.2) is 0 Å². The van der Waals surface area contributed by atoms with Crippen LogP contribution in [0.4, 0.5) is 0 Å². The van der Waals surface area contributed by atoms with Crippen LogP contribution in [-0.4, -0.2) is 29.6 Å². The fraction of sp³-hybridized carbons (Fsp3) is 1.00. The van der Waals surface area contributed by atoms with E-state index in [1.54, 1.807) is 7.11 Å². The molecule has 0 saturated heterocycles. The van der Waals surface area contributed by atoms with Gasteiger partial charge < -0.3 is 9.16 Å². The Balaban J connectivity index is 2.89. The van der Waals surface area contributed by atoms with Crippen molar-refractivity contribution >= 4 is 9.76 Å². The van der Waals surface area contributed by atoms with Gasteiger partial charge in [0.15, 0.2) is 9.76 Å². The Labute approximate surface area is 72.2 Å². The lowest BCUT2D eigenvalue weighted by Gasteiger charge is -2.09. The molecule has 1 unspecified atom stereocenters. The molecule has 0 fully saturated rings. The van der Waals surface area contributed by atoms with Crippen molar-refractivity contribution < 1.29 is 9.16 Å². The zero-order valence-corrected chi connectivity index (χ0v) is 9.34. The van der Waals surface area contributed by atoms with Crippen molar-refractivity contribution in [2.75, 3.05) is 13.7 Å². The van der Waals surface area contributed by atoms with Crippen molar-refractivity contribution in [3.8, 4) is 0 Å². The van der Waals surface area contributed by atoms with E-state index in [4.69, 9.17) is 9.16 Å². The van der Waals surface area contributed by atoms with Crippen molar-refractivity contribution in [3.05, 3.63) is 0 Å². The van der Waals surface area contributed by atoms with E-state index in [-0.39, 0.29) is 9.76 Å². The molecule has 0 rings (SSSR count). The Kier molecular flexibility index (Phi) is 8.34. The number of rotatable bonds is 7. The highest BCUT2D eigenvalue weighted by atomic mass is 28.2. The van der Waals surface area contributed by atoms with Crippen LogP contribution in [0.25, 0.3) is 0 Å². The molecule has 0 aliphatic carbocycles. The van der Waals surface area contributed by atoms with Gasteiger partial charge in [-0.3, -0.25) is 0 Å². The second-order valence-electron chi connectivity index (χ2n) is 2.79. The molecular weight excluding hydrogens is 156 g/mol. The molecule has 0 aromatic carbocycles. The van der Waals surface area contributed by atoms with Crippen molar-refractivity contribution in [3.63, 3.8) is 0 Å². The standard InChI is InChI=1S/C8H20O2Si/c1-4-8(2)10-6-5-7-11-9-3/h8H,4-7,11H2,1-3H3. The third-order valence-electron chi connectivity index (χ3n) is 1.72. The Morgan fingerprint density at radius 1 is 1.45 bits per heavy atom. The average Bonchev–Trinajstić information content (AvgIpc) is 2.04. The minimum absolute atomic E-state index is 0.209. The summed E-state index contributed by atoms with van der Waals surface area (Å²) in [6.07, 6.45) is 2.71. The topological polar surface area (TPSA) is 18.5 Å². The van der Waals surface area contributed by atoms with Gasteiger partial charge in [-0.25, -0.2) is 0 Å². The molecule has 68 valence electrons. The fourth-order valence-electron chi connectivity index (χ4n) is 0.751. The predicted octanol–water partition coefficient (Wildman–Crippen LogP) is 1.34. The van der Waals surface area contributed by atoms with Gasteiger partial charge in [-0.05, 0) is 25.8 Å². The van der Waals surface area contributed by atoms with Crippen LogP contribution in [0.1, 0.15) is 26.7 Å². The second kappa shape index (κ2) is 8.24. The van der Waals surface area contributed by atoms with Crippen LogP contribution in [0, 0.1) is 0 Å². The summed E-state index contributed by atoms with van der Waals surface area (Å²) in [5.74, 6) is 0. The van der Waals surface area contributed by atoms with Gasteiger partial charge in [-0.2, -0.15) is 0 Å². The molecular formula is C8H20O2Si. The van der Waals surface area contributed by atoms with E-state index in [1.807, 2.05) is 0 Å². The SMILES string of the molecule is CCC(C)OCCC[SiH2]OC. The van der Waals surface area contributed by atoms with Crippen molar-refractivity contribution in [1.82, 2.24) is 0 Å². The Morgan fingerprint density at radius 2 is 2.18 bits per heavy atom. The van der Waals surface area contributed by atoms with Gasteiger partial charge in [0.1, 0.15) is 0 Å². The molecule has 0 amide bonds. The molecule has 0 saturated carbocycles.